The molecule has 29 heavy (non-hydrogen) atoms. The molecular formula is C27H31NO. The van der Waals surface area contributed by atoms with Gasteiger partial charge in [0.15, 0.2) is 0 Å². The van der Waals surface area contributed by atoms with Crippen LogP contribution in [0.4, 0.5) is 0 Å². The molecule has 0 spiro atoms. The molecule has 2 heteroatoms. The van der Waals surface area contributed by atoms with E-state index in [4.69, 9.17) is 4.74 Å². The standard InChI is InChI=1S/C27H31NO/c1-2-5-22-12-14-27(15-13-22)29-21-24-10-8-23(9-11-24)16-18-28-19-17-25-6-3-4-7-26(25)20-28/h3-4,6-15H,2,5,16-21H2,1H3. The van der Waals surface area contributed by atoms with E-state index in [0.717, 1.165) is 31.7 Å². The van der Waals surface area contributed by atoms with Crippen LogP contribution in [0.25, 0.3) is 0 Å². The lowest BCUT2D eigenvalue weighted by atomic mass is 9.99. The van der Waals surface area contributed by atoms with Gasteiger partial charge in [-0.25, -0.2) is 0 Å². The average molecular weight is 386 g/mol. The molecule has 0 aromatic heterocycles. The number of hydrogen-bond acceptors (Lipinski definition) is 2. The van der Waals surface area contributed by atoms with Crippen molar-refractivity contribution >= 4 is 0 Å². The third-order valence-corrected chi connectivity index (χ3v) is 5.82. The summed E-state index contributed by atoms with van der Waals surface area (Å²) in [5, 5.41) is 0. The number of ether oxygens (including phenoxy) is 1. The van der Waals surface area contributed by atoms with Crippen LogP contribution in [-0.2, 0) is 32.4 Å². The summed E-state index contributed by atoms with van der Waals surface area (Å²) in [5.41, 5.74) is 7.01. The molecule has 0 unspecified atom stereocenters. The summed E-state index contributed by atoms with van der Waals surface area (Å²) in [6.45, 7) is 6.20. The molecule has 0 N–H and O–H groups in total. The maximum absolute atomic E-state index is 5.95. The van der Waals surface area contributed by atoms with Gasteiger partial charge in [-0.3, -0.25) is 4.90 Å². The van der Waals surface area contributed by atoms with Crippen LogP contribution in [-0.4, -0.2) is 18.0 Å². The predicted molar refractivity (Wildman–Crippen MR) is 120 cm³/mol. The van der Waals surface area contributed by atoms with Gasteiger partial charge in [0.25, 0.3) is 0 Å². The molecule has 0 radical (unpaired) electrons. The van der Waals surface area contributed by atoms with Crippen molar-refractivity contribution in [3.05, 3.63) is 101 Å². The zero-order chi connectivity index (χ0) is 19.9. The molecule has 1 heterocycles. The Morgan fingerprint density at radius 3 is 2.17 bits per heavy atom. The molecule has 0 fully saturated rings. The van der Waals surface area contributed by atoms with Gasteiger partial charge < -0.3 is 4.74 Å². The fraction of sp³-hybridized carbons (Fsp3) is 0.333. The van der Waals surface area contributed by atoms with E-state index in [1.54, 1.807) is 0 Å². The molecule has 0 saturated heterocycles. The minimum atomic E-state index is 0.621. The van der Waals surface area contributed by atoms with E-state index in [-0.39, 0.29) is 0 Å². The lowest BCUT2D eigenvalue weighted by Gasteiger charge is -2.28. The zero-order valence-electron chi connectivity index (χ0n) is 17.4. The first-order valence-electron chi connectivity index (χ1n) is 10.9. The van der Waals surface area contributed by atoms with Crippen LogP contribution in [0.3, 0.4) is 0 Å². The number of rotatable bonds is 8. The highest BCUT2D eigenvalue weighted by atomic mass is 16.5. The van der Waals surface area contributed by atoms with Crippen molar-refractivity contribution < 1.29 is 4.74 Å². The van der Waals surface area contributed by atoms with Crippen LogP contribution in [0.1, 0.15) is 41.2 Å². The second-order valence-corrected chi connectivity index (χ2v) is 8.04. The van der Waals surface area contributed by atoms with E-state index in [2.05, 4.69) is 84.6 Å². The highest BCUT2D eigenvalue weighted by molar-refractivity contribution is 5.30. The van der Waals surface area contributed by atoms with Crippen LogP contribution in [0.2, 0.25) is 0 Å². The van der Waals surface area contributed by atoms with Gasteiger partial charge in [-0.2, -0.15) is 0 Å². The Morgan fingerprint density at radius 1 is 0.759 bits per heavy atom. The van der Waals surface area contributed by atoms with Crippen LogP contribution >= 0.6 is 0 Å². The van der Waals surface area contributed by atoms with Gasteiger partial charge in [0.1, 0.15) is 12.4 Å². The van der Waals surface area contributed by atoms with Gasteiger partial charge in [-0.15, -0.1) is 0 Å². The van der Waals surface area contributed by atoms with Gasteiger partial charge in [-0.05, 0) is 59.2 Å². The molecule has 0 amide bonds. The summed E-state index contributed by atoms with van der Waals surface area (Å²) in [6.07, 6.45) is 4.58. The van der Waals surface area contributed by atoms with Crippen molar-refractivity contribution in [1.82, 2.24) is 4.90 Å². The van der Waals surface area contributed by atoms with E-state index < -0.39 is 0 Å². The van der Waals surface area contributed by atoms with Crippen molar-refractivity contribution in [1.29, 1.82) is 0 Å². The third-order valence-electron chi connectivity index (χ3n) is 5.82. The lowest BCUT2D eigenvalue weighted by Crippen LogP contribution is -2.32. The van der Waals surface area contributed by atoms with Gasteiger partial charge in [0, 0.05) is 19.6 Å². The molecular weight excluding hydrogens is 354 g/mol. The van der Waals surface area contributed by atoms with Crippen molar-refractivity contribution in [2.75, 3.05) is 13.1 Å². The predicted octanol–water partition coefficient (Wildman–Crippen LogP) is 5.82. The van der Waals surface area contributed by atoms with Gasteiger partial charge in [0.05, 0.1) is 0 Å². The van der Waals surface area contributed by atoms with E-state index in [9.17, 15) is 0 Å². The Labute approximate surface area is 175 Å². The van der Waals surface area contributed by atoms with Gasteiger partial charge in [0.2, 0.25) is 0 Å². The zero-order valence-corrected chi connectivity index (χ0v) is 17.4. The van der Waals surface area contributed by atoms with E-state index >= 15 is 0 Å². The molecule has 1 aliphatic rings. The molecule has 0 aliphatic carbocycles. The number of benzene rings is 3. The monoisotopic (exact) mass is 385 g/mol. The molecule has 3 aromatic rings. The van der Waals surface area contributed by atoms with Crippen LogP contribution in [0, 0.1) is 0 Å². The first kappa shape index (κ1) is 19.7. The van der Waals surface area contributed by atoms with Crippen molar-refractivity contribution in [2.24, 2.45) is 0 Å². The fourth-order valence-electron chi connectivity index (χ4n) is 4.04. The Morgan fingerprint density at radius 2 is 1.41 bits per heavy atom. The first-order chi connectivity index (χ1) is 14.3. The molecule has 150 valence electrons. The largest absolute Gasteiger partial charge is 0.489 e. The second kappa shape index (κ2) is 9.76. The van der Waals surface area contributed by atoms with Gasteiger partial charge in [-0.1, -0.05) is 74.0 Å². The maximum Gasteiger partial charge on any atom is 0.119 e. The fourth-order valence-corrected chi connectivity index (χ4v) is 4.04. The number of nitrogens with zero attached hydrogens (tertiary/aromatic N) is 1. The summed E-state index contributed by atoms with van der Waals surface area (Å²) < 4.78 is 5.95. The normalized spacial score (nSPS) is 13.8. The molecule has 2 nitrogen and oxygen atoms in total. The Kier molecular flexibility index (Phi) is 6.63. The quantitative estimate of drug-likeness (QED) is 0.484. The molecule has 0 bridgehead atoms. The van der Waals surface area contributed by atoms with E-state index in [1.807, 2.05) is 0 Å². The molecule has 4 rings (SSSR count). The number of fused-ring (bicyclic) bond motifs is 1. The Bertz CT molecular complexity index is 899. The second-order valence-electron chi connectivity index (χ2n) is 8.04. The molecule has 0 saturated carbocycles. The minimum Gasteiger partial charge on any atom is -0.489 e. The average Bonchev–Trinajstić information content (AvgIpc) is 2.78. The van der Waals surface area contributed by atoms with Crippen LogP contribution in [0.5, 0.6) is 5.75 Å². The highest BCUT2D eigenvalue weighted by Crippen LogP contribution is 2.19. The van der Waals surface area contributed by atoms with Crippen molar-refractivity contribution in [3.8, 4) is 5.75 Å². The lowest BCUT2D eigenvalue weighted by molar-refractivity contribution is 0.257. The van der Waals surface area contributed by atoms with Crippen LogP contribution in [0.15, 0.2) is 72.8 Å². The number of aryl methyl sites for hydroxylation is 1. The number of hydrogen-bond donors (Lipinski definition) is 0. The SMILES string of the molecule is CCCc1ccc(OCc2ccc(CCN3CCc4ccccc4C3)cc2)cc1. The minimum absolute atomic E-state index is 0.621. The van der Waals surface area contributed by atoms with Crippen molar-refractivity contribution in [2.45, 2.75) is 45.8 Å². The maximum atomic E-state index is 5.95. The summed E-state index contributed by atoms with van der Waals surface area (Å²) in [6, 6.07) is 26.2. The summed E-state index contributed by atoms with van der Waals surface area (Å²) in [4.78, 5) is 2.57. The highest BCUT2D eigenvalue weighted by Gasteiger charge is 2.15. The molecule has 0 atom stereocenters. The van der Waals surface area contributed by atoms with Crippen molar-refractivity contribution in [3.63, 3.8) is 0 Å². The first-order valence-corrected chi connectivity index (χ1v) is 10.9. The molecule has 1 aliphatic heterocycles. The van der Waals surface area contributed by atoms with E-state index in [1.165, 1.54) is 47.2 Å². The topological polar surface area (TPSA) is 12.5 Å². The van der Waals surface area contributed by atoms with Gasteiger partial charge >= 0.3 is 0 Å². The summed E-state index contributed by atoms with van der Waals surface area (Å²) in [7, 11) is 0. The smallest absolute Gasteiger partial charge is 0.119 e. The van der Waals surface area contributed by atoms with Crippen LogP contribution < -0.4 is 4.74 Å². The Hall–Kier alpha value is -2.58. The summed E-state index contributed by atoms with van der Waals surface area (Å²) >= 11 is 0. The summed E-state index contributed by atoms with van der Waals surface area (Å²) in [5.74, 6) is 0.944. The molecule has 3 aromatic carbocycles. The third kappa shape index (κ3) is 5.48. The Balaban J connectivity index is 1.24. The van der Waals surface area contributed by atoms with E-state index in [0.29, 0.717) is 6.61 Å².